The van der Waals surface area contributed by atoms with E-state index in [1.807, 2.05) is 6.21 Å². The summed E-state index contributed by atoms with van der Waals surface area (Å²) < 4.78 is 0. The van der Waals surface area contributed by atoms with E-state index in [1.54, 1.807) is 6.08 Å². The van der Waals surface area contributed by atoms with Crippen molar-refractivity contribution in [1.82, 2.24) is 0 Å². The zero-order chi connectivity index (χ0) is 10.4. The van der Waals surface area contributed by atoms with Crippen LogP contribution in [0.2, 0.25) is 0 Å². The minimum atomic E-state index is 0.542. The number of aliphatic imine (C=N–C) groups is 1. The molecule has 1 aliphatic rings. The van der Waals surface area contributed by atoms with Gasteiger partial charge in [0.1, 0.15) is 0 Å². The Bertz CT molecular complexity index is 195. The zero-order valence-electron chi connectivity index (χ0n) is 9.58. The van der Waals surface area contributed by atoms with E-state index in [4.69, 9.17) is 0 Å². The normalized spacial score (nSPS) is 34.3. The molecule has 14 heavy (non-hydrogen) atoms. The Kier molecular flexibility index (Phi) is 4.92. The van der Waals surface area contributed by atoms with Crippen molar-refractivity contribution in [3.63, 3.8) is 0 Å². The van der Waals surface area contributed by atoms with Crippen molar-refractivity contribution in [2.45, 2.75) is 52.0 Å². The van der Waals surface area contributed by atoms with Gasteiger partial charge < -0.3 is 0 Å². The van der Waals surface area contributed by atoms with Crippen molar-refractivity contribution in [3.05, 3.63) is 12.7 Å². The summed E-state index contributed by atoms with van der Waals surface area (Å²) in [6, 6.07) is 0.542. The third-order valence-corrected chi connectivity index (χ3v) is 3.44. The van der Waals surface area contributed by atoms with Crippen LogP contribution < -0.4 is 0 Å². The fourth-order valence-corrected chi connectivity index (χ4v) is 2.55. The van der Waals surface area contributed by atoms with Crippen molar-refractivity contribution in [3.8, 4) is 0 Å². The molecule has 0 aliphatic heterocycles. The molecule has 0 N–H and O–H groups in total. The quantitative estimate of drug-likeness (QED) is 0.477. The Morgan fingerprint density at radius 1 is 1.36 bits per heavy atom. The molecule has 1 fully saturated rings. The summed E-state index contributed by atoms with van der Waals surface area (Å²) in [4.78, 5) is 4.65. The molecule has 0 saturated heterocycles. The van der Waals surface area contributed by atoms with Crippen LogP contribution in [-0.4, -0.2) is 12.3 Å². The smallest absolute Gasteiger partial charge is 0.0553 e. The van der Waals surface area contributed by atoms with Crippen LogP contribution in [-0.2, 0) is 0 Å². The molecule has 1 nitrogen and oxygen atoms in total. The molecule has 0 spiro atoms. The van der Waals surface area contributed by atoms with E-state index in [0.29, 0.717) is 6.04 Å². The second-order valence-electron chi connectivity index (χ2n) is 4.45. The van der Waals surface area contributed by atoms with Gasteiger partial charge in [-0.1, -0.05) is 45.8 Å². The molecule has 1 saturated carbocycles. The van der Waals surface area contributed by atoms with Crippen molar-refractivity contribution in [2.24, 2.45) is 16.8 Å². The van der Waals surface area contributed by atoms with E-state index < -0.39 is 0 Å². The highest BCUT2D eigenvalue weighted by molar-refractivity contribution is 5.70. The van der Waals surface area contributed by atoms with Gasteiger partial charge in [-0.25, -0.2) is 0 Å². The minimum Gasteiger partial charge on any atom is -0.289 e. The van der Waals surface area contributed by atoms with Gasteiger partial charge in [0.2, 0.25) is 0 Å². The second-order valence-corrected chi connectivity index (χ2v) is 4.45. The van der Waals surface area contributed by atoms with Gasteiger partial charge in [0, 0.05) is 6.21 Å². The van der Waals surface area contributed by atoms with Crippen LogP contribution >= 0.6 is 0 Å². The summed E-state index contributed by atoms with van der Waals surface area (Å²) in [6.45, 7) is 8.33. The summed E-state index contributed by atoms with van der Waals surface area (Å²) in [7, 11) is 0. The molecule has 0 aromatic carbocycles. The highest BCUT2D eigenvalue weighted by atomic mass is 14.8. The predicted octanol–water partition coefficient (Wildman–Crippen LogP) is 3.85. The molecule has 0 radical (unpaired) electrons. The van der Waals surface area contributed by atoms with Crippen molar-refractivity contribution >= 4 is 6.21 Å². The van der Waals surface area contributed by atoms with Crippen LogP contribution in [0, 0.1) is 11.8 Å². The van der Waals surface area contributed by atoms with Crippen LogP contribution in [0.25, 0.3) is 0 Å². The van der Waals surface area contributed by atoms with E-state index in [1.165, 1.54) is 32.1 Å². The van der Waals surface area contributed by atoms with Gasteiger partial charge in [-0.15, -0.1) is 0 Å². The fraction of sp³-hybridized carbons (Fsp3) is 0.769. The van der Waals surface area contributed by atoms with Gasteiger partial charge in [0.05, 0.1) is 6.04 Å². The Morgan fingerprint density at radius 2 is 2.07 bits per heavy atom. The molecule has 0 amide bonds. The van der Waals surface area contributed by atoms with Crippen LogP contribution in [0.5, 0.6) is 0 Å². The summed E-state index contributed by atoms with van der Waals surface area (Å²) in [5.41, 5.74) is 0. The molecule has 1 unspecified atom stereocenters. The predicted molar refractivity (Wildman–Crippen MR) is 63.9 cm³/mol. The van der Waals surface area contributed by atoms with Gasteiger partial charge in [0.25, 0.3) is 0 Å². The summed E-state index contributed by atoms with van der Waals surface area (Å²) in [6.07, 6.45) is 10.4. The fourth-order valence-electron chi connectivity index (χ4n) is 2.55. The van der Waals surface area contributed by atoms with E-state index in [0.717, 1.165) is 11.8 Å². The Morgan fingerprint density at radius 3 is 2.71 bits per heavy atom. The lowest BCUT2D eigenvalue weighted by Crippen LogP contribution is -2.23. The van der Waals surface area contributed by atoms with Gasteiger partial charge in [0.15, 0.2) is 0 Å². The maximum atomic E-state index is 4.65. The number of hydrogen-bond donors (Lipinski definition) is 0. The molecule has 1 rings (SSSR count). The Labute approximate surface area is 88.3 Å². The minimum absolute atomic E-state index is 0.542. The first-order valence-electron chi connectivity index (χ1n) is 5.93. The second kappa shape index (κ2) is 6.00. The molecule has 0 aromatic rings. The van der Waals surface area contributed by atoms with E-state index in [2.05, 4.69) is 25.4 Å². The number of rotatable bonds is 3. The molecular weight excluding hydrogens is 170 g/mol. The molecule has 1 aliphatic carbocycles. The first kappa shape index (κ1) is 11.5. The van der Waals surface area contributed by atoms with Gasteiger partial charge in [-0.05, 0) is 24.7 Å². The van der Waals surface area contributed by atoms with Crippen LogP contribution in [0.1, 0.15) is 46.0 Å². The molecule has 80 valence electrons. The highest BCUT2D eigenvalue weighted by Gasteiger charge is 2.26. The number of allylic oxidation sites excluding steroid dienone is 1. The third-order valence-electron chi connectivity index (χ3n) is 3.44. The van der Waals surface area contributed by atoms with Crippen LogP contribution in [0.3, 0.4) is 0 Å². The number of nitrogens with zero attached hydrogens (tertiary/aromatic N) is 1. The van der Waals surface area contributed by atoms with Crippen molar-refractivity contribution < 1.29 is 0 Å². The van der Waals surface area contributed by atoms with Gasteiger partial charge in [-0.3, -0.25) is 4.99 Å². The standard InChI is InChI=1S/C13H23N/c1-4-10-14-13-11(3)8-6-7-9-12(13)5-2/h4,10-13H,1,5-9H2,2-3H3/b14-10-/t11?,12-,13+/m0/s1. The molecule has 0 heterocycles. The average molecular weight is 193 g/mol. The molecular formula is C13H23N. The summed E-state index contributed by atoms with van der Waals surface area (Å²) in [5, 5.41) is 0. The first-order valence-corrected chi connectivity index (χ1v) is 5.93. The highest BCUT2D eigenvalue weighted by Crippen LogP contribution is 2.31. The number of hydrogen-bond acceptors (Lipinski definition) is 1. The average Bonchev–Trinajstić information content (AvgIpc) is 2.37. The molecule has 0 bridgehead atoms. The lowest BCUT2D eigenvalue weighted by Gasteiger charge is -2.24. The topological polar surface area (TPSA) is 12.4 Å². The SMILES string of the molecule is C=C/C=N\[C@@H]1C(C)CCCC[C@@H]1CC. The molecule has 0 aromatic heterocycles. The first-order chi connectivity index (χ1) is 6.79. The zero-order valence-corrected chi connectivity index (χ0v) is 9.58. The van der Waals surface area contributed by atoms with Gasteiger partial charge in [-0.2, -0.15) is 0 Å². The summed E-state index contributed by atoms with van der Waals surface area (Å²) in [5.74, 6) is 1.54. The van der Waals surface area contributed by atoms with Crippen LogP contribution in [0.15, 0.2) is 17.6 Å². The van der Waals surface area contributed by atoms with Crippen molar-refractivity contribution in [1.29, 1.82) is 0 Å². The Balaban J connectivity index is 2.68. The van der Waals surface area contributed by atoms with E-state index in [9.17, 15) is 0 Å². The Hall–Kier alpha value is -0.590. The largest absolute Gasteiger partial charge is 0.289 e. The van der Waals surface area contributed by atoms with Gasteiger partial charge >= 0.3 is 0 Å². The monoisotopic (exact) mass is 193 g/mol. The molecule has 1 heteroatoms. The lowest BCUT2D eigenvalue weighted by atomic mass is 9.87. The molecule has 3 atom stereocenters. The summed E-state index contributed by atoms with van der Waals surface area (Å²) >= 11 is 0. The third kappa shape index (κ3) is 2.97. The van der Waals surface area contributed by atoms with Crippen LogP contribution in [0.4, 0.5) is 0 Å². The van der Waals surface area contributed by atoms with E-state index in [-0.39, 0.29) is 0 Å². The van der Waals surface area contributed by atoms with Crippen molar-refractivity contribution in [2.75, 3.05) is 0 Å². The lowest BCUT2D eigenvalue weighted by molar-refractivity contribution is 0.324. The van der Waals surface area contributed by atoms with E-state index >= 15 is 0 Å². The maximum Gasteiger partial charge on any atom is 0.0553 e. The maximum absolute atomic E-state index is 4.65.